The van der Waals surface area contributed by atoms with Gasteiger partial charge in [0, 0.05) is 44.4 Å². The van der Waals surface area contributed by atoms with Crippen molar-refractivity contribution in [3.8, 4) is 6.07 Å². The molecular weight excluding hydrogens is 407 g/mol. The highest BCUT2D eigenvalue weighted by Gasteiger charge is 2.34. The molecule has 1 heterocycles. The quantitative estimate of drug-likeness (QED) is 0.545. The Balaban J connectivity index is 1.82. The molecule has 0 atom stereocenters. The Labute approximate surface area is 167 Å². The number of non-ortho nitro benzene ring substituents is 1. The molecule has 1 aliphatic heterocycles. The predicted molar refractivity (Wildman–Crippen MR) is 100 cm³/mol. The van der Waals surface area contributed by atoms with E-state index in [2.05, 4.69) is 0 Å². The highest BCUT2D eigenvalue weighted by Crippen LogP contribution is 2.37. The second-order valence-corrected chi connectivity index (χ2v) is 6.50. The number of anilines is 2. The summed E-state index contributed by atoms with van der Waals surface area (Å²) in [6.07, 6.45) is -4.69. The zero-order valence-electron chi connectivity index (χ0n) is 15.3. The van der Waals surface area contributed by atoms with E-state index in [-0.39, 0.29) is 30.0 Å². The fraction of sp³-hybridized carbons (Fsp3) is 0.278. The van der Waals surface area contributed by atoms with Gasteiger partial charge < -0.3 is 9.80 Å². The van der Waals surface area contributed by atoms with Crippen molar-refractivity contribution in [2.75, 3.05) is 36.0 Å². The van der Waals surface area contributed by atoms with Crippen LogP contribution in [0.25, 0.3) is 0 Å². The number of alkyl halides is 3. The van der Waals surface area contributed by atoms with Crippen LogP contribution in [0.3, 0.4) is 0 Å². The maximum atomic E-state index is 12.9. The number of piperazine rings is 1. The molecule has 9 nitrogen and oxygen atoms in total. The normalized spacial score (nSPS) is 14.3. The highest BCUT2D eigenvalue weighted by molar-refractivity contribution is 5.67. The summed E-state index contributed by atoms with van der Waals surface area (Å²) in [4.78, 5) is 24.1. The summed E-state index contributed by atoms with van der Waals surface area (Å²) in [5.74, 6) is 0. The summed E-state index contributed by atoms with van der Waals surface area (Å²) in [7, 11) is 0. The highest BCUT2D eigenvalue weighted by atomic mass is 19.4. The Morgan fingerprint density at radius 2 is 1.47 bits per heavy atom. The molecule has 30 heavy (non-hydrogen) atoms. The Kier molecular flexibility index (Phi) is 5.46. The van der Waals surface area contributed by atoms with E-state index in [0.717, 1.165) is 12.1 Å². The lowest BCUT2D eigenvalue weighted by Gasteiger charge is -2.37. The second kappa shape index (κ2) is 7.86. The number of benzene rings is 2. The molecule has 2 aromatic rings. The molecule has 156 valence electrons. The summed E-state index contributed by atoms with van der Waals surface area (Å²) in [6, 6.07) is 8.25. The molecular formula is C18H14F3N5O4. The summed E-state index contributed by atoms with van der Waals surface area (Å²) >= 11 is 0. The van der Waals surface area contributed by atoms with Crippen LogP contribution in [0.4, 0.5) is 35.9 Å². The number of rotatable bonds is 4. The first kappa shape index (κ1) is 20.8. The van der Waals surface area contributed by atoms with Gasteiger partial charge in [-0.05, 0) is 18.2 Å². The van der Waals surface area contributed by atoms with E-state index in [1.165, 1.54) is 18.2 Å². The fourth-order valence-corrected chi connectivity index (χ4v) is 3.30. The van der Waals surface area contributed by atoms with E-state index in [4.69, 9.17) is 0 Å². The van der Waals surface area contributed by atoms with Crippen LogP contribution < -0.4 is 9.80 Å². The summed E-state index contributed by atoms with van der Waals surface area (Å²) in [6.45, 7) is 1.16. The van der Waals surface area contributed by atoms with Crippen LogP contribution in [-0.2, 0) is 6.18 Å². The van der Waals surface area contributed by atoms with E-state index in [1.54, 1.807) is 9.80 Å². The van der Waals surface area contributed by atoms with Gasteiger partial charge in [0.2, 0.25) is 0 Å². The molecule has 0 saturated carbocycles. The fourth-order valence-electron chi connectivity index (χ4n) is 3.30. The van der Waals surface area contributed by atoms with Crippen molar-refractivity contribution in [1.29, 1.82) is 5.26 Å². The van der Waals surface area contributed by atoms with Crippen molar-refractivity contribution in [3.63, 3.8) is 0 Å². The van der Waals surface area contributed by atoms with E-state index < -0.39 is 27.3 Å². The van der Waals surface area contributed by atoms with Crippen molar-refractivity contribution in [2.24, 2.45) is 0 Å². The number of nitro benzene ring substituents is 2. The maximum Gasteiger partial charge on any atom is 0.416 e. The molecule has 12 heteroatoms. The van der Waals surface area contributed by atoms with E-state index in [0.29, 0.717) is 24.8 Å². The molecule has 0 unspecified atom stereocenters. The van der Waals surface area contributed by atoms with Gasteiger partial charge in [-0.3, -0.25) is 20.2 Å². The molecule has 1 saturated heterocycles. The van der Waals surface area contributed by atoms with Crippen LogP contribution >= 0.6 is 0 Å². The summed E-state index contributed by atoms with van der Waals surface area (Å²) in [5, 5.41) is 31.5. The van der Waals surface area contributed by atoms with Crippen LogP contribution in [0.5, 0.6) is 0 Å². The first-order valence-corrected chi connectivity index (χ1v) is 8.66. The van der Waals surface area contributed by atoms with Gasteiger partial charge in [-0.15, -0.1) is 0 Å². The zero-order chi connectivity index (χ0) is 22.1. The second-order valence-electron chi connectivity index (χ2n) is 6.50. The minimum absolute atomic E-state index is 0.0804. The van der Waals surface area contributed by atoms with Crippen molar-refractivity contribution in [3.05, 3.63) is 67.8 Å². The first-order chi connectivity index (χ1) is 14.1. The van der Waals surface area contributed by atoms with Crippen molar-refractivity contribution >= 4 is 22.7 Å². The minimum atomic E-state index is -4.69. The molecule has 0 aromatic heterocycles. The number of nitrogens with zero attached hydrogens (tertiary/aromatic N) is 5. The lowest BCUT2D eigenvalue weighted by atomic mass is 10.1. The third-order valence-electron chi connectivity index (χ3n) is 4.77. The molecule has 0 spiro atoms. The van der Waals surface area contributed by atoms with Crippen LogP contribution in [0, 0.1) is 31.6 Å². The van der Waals surface area contributed by atoms with Crippen LogP contribution in [-0.4, -0.2) is 36.0 Å². The lowest BCUT2D eigenvalue weighted by molar-refractivity contribution is -0.384. The zero-order valence-corrected chi connectivity index (χ0v) is 15.3. The number of nitro groups is 2. The average molecular weight is 421 g/mol. The molecule has 2 aromatic carbocycles. The maximum absolute atomic E-state index is 12.9. The molecule has 1 aliphatic rings. The largest absolute Gasteiger partial charge is 0.416 e. The molecule has 0 N–H and O–H groups in total. The third kappa shape index (κ3) is 4.09. The van der Waals surface area contributed by atoms with E-state index in [1.807, 2.05) is 6.07 Å². The molecule has 3 rings (SSSR count). The van der Waals surface area contributed by atoms with Gasteiger partial charge in [0.25, 0.3) is 11.4 Å². The Bertz CT molecular complexity index is 1040. The minimum Gasteiger partial charge on any atom is -0.367 e. The number of halogens is 3. The standard InChI is InChI=1S/C18H14F3N5O4/c19-18(20,21)13-1-3-16(17(10-13)26(29)30)24-7-5-23(6-8-24)15-4-2-14(25(27)28)9-12(15)11-22/h1-4,9-10H,5-8H2. The number of hydrogen-bond acceptors (Lipinski definition) is 7. The van der Waals surface area contributed by atoms with Crippen LogP contribution in [0.1, 0.15) is 11.1 Å². The van der Waals surface area contributed by atoms with Crippen molar-refractivity contribution in [1.82, 2.24) is 0 Å². The van der Waals surface area contributed by atoms with Gasteiger partial charge in [0.15, 0.2) is 0 Å². The molecule has 0 bridgehead atoms. The van der Waals surface area contributed by atoms with Gasteiger partial charge in [-0.2, -0.15) is 18.4 Å². The number of hydrogen-bond donors (Lipinski definition) is 0. The summed E-state index contributed by atoms with van der Waals surface area (Å²) < 4.78 is 38.6. The van der Waals surface area contributed by atoms with Crippen molar-refractivity contribution < 1.29 is 23.0 Å². The molecule has 0 aliphatic carbocycles. The van der Waals surface area contributed by atoms with Crippen LogP contribution in [0.2, 0.25) is 0 Å². The van der Waals surface area contributed by atoms with Gasteiger partial charge in [-0.1, -0.05) is 0 Å². The molecule has 0 amide bonds. The Morgan fingerprint density at radius 3 is 1.97 bits per heavy atom. The Hall–Kier alpha value is -3.88. The SMILES string of the molecule is N#Cc1cc([N+](=O)[O-])ccc1N1CCN(c2ccc(C(F)(F)F)cc2[N+](=O)[O-])CC1. The third-order valence-corrected chi connectivity index (χ3v) is 4.77. The monoisotopic (exact) mass is 421 g/mol. The Morgan fingerprint density at radius 1 is 0.900 bits per heavy atom. The smallest absolute Gasteiger partial charge is 0.367 e. The predicted octanol–water partition coefficient (Wildman–Crippen LogP) is 3.72. The molecule has 1 fully saturated rings. The van der Waals surface area contributed by atoms with Crippen LogP contribution in [0.15, 0.2) is 36.4 Å². The summed E-state index contributed by atoms with van der Waals surface area (Å²) in [5.41, 5.74) is -1.25. The van der Waals surface area contributed by atoms with Gasteiger partial charge in [-0.25, -0.2) is 0 Å². The lowest BCUT2D eigenvalue weighted by Crippen LogP contribution is -2.47. The van der Waals surface area contributed by atoms with Gasteiger partial charge in [0.1, 0.15) is 11.8 Å². The average Bonchev–Trinajstić information content (AvgIpc) is 2.72. The number of nitriles is 1. The van der Waals surface area contributed by atoms with E-state index >= 15 is 0 Å². The topological polar surface area (TPSA) is 117 Å². The molecule has 0 radical (unpaired) electrons. The van der Waals surface area contributed by atoms with Gasteiger partial charge in [0.05, 0.1) is 26.7 Å². The van der Waals surface area contributed by atoms with Gasteiger partial charge >= 0.3 is 6.18 Å². The first-order valence-electron chi connectivity index (χ1n) is 8.66. The van der Waals surface area contributed by atoms with Crippen molar-refractivity contribution in [2.45, 2.75) is 6.18 Å². The van der Waals surface area contributed by atoms with E-state index in [9.17, 15) is 38.7 Å².